The molecule has 1 fully saturated rings. The minimum Gasteiger partial charge on any atom is -0.351 e. The number of hydrogen-bond donors (Lipinski definition) is 2. The zero-order valence-corrected chi connectivity index (χ0v) is 11.5. The molecule has 1 atom stereocenters. The van der Waals surface area contributed by atoms with Crippen molar-refractivity contribution in [2.45, 2.75) is 31.6 Å². The average molecular weight is 309 g/mol. The summed E-state index contributed by atoms with van der Waals surface area (Å²) < 4.78 is 37.5. The fourth-order valence-corrected chi connectivity index (χ4v) is 2.08. The molecule has 2 N–H and O–H groups in total. The Bertz CT molecular complexity index is 459. The summed E-state index contributed by atoms with van der Waals surface area (Å²) in [6.07, 6.45) is -2.64. The van der Waals surface area contributed by atoms with Gasteiger partial charge in [-0.2, -0.15) is 13.2 Å². The number of nitrogens with one attached hydrogen (secondary N) is 2. The number of carbonyl (C=O) groups excluding carboxylic acids is 1. The Morgan fingerprint density at radius 1 is 1.40 bits per heavy atom. The number of halogens is 4. The maximum atomic E-state index is 12.5. The van der Waals surface area contributed by atoms with E-state index in [1.165, 1.54) is 6.07 Å². The van der Waals surface area contributed by atoms with E-state index in [0.29, 0.717) is 5.56 Å². The summed E-state index contributed by atoms with van der Waals surface area (Å²) in [5, 5.41) is 5.69. The summed E-state index contributed by atoms with van der Waals surface area (Å²) in [5.74, 6) is -0.157. The van der Waals surface area contributed by atoms with Crippen molar-refractivity contribution in [1.29, 1.82) is 0 Å². The van der Waals surface area contributed by atoms with Gasteiger partial charge in [-0.15, -0.1) is 12.4 Å². The third-order valence-electron chi connectivity index (χ3n) is 3.10. The van der Waals surface area contributed by atoms with Crippen LogP contribution in [0.3, 0.4) is 0 Å². The second kappa shape index (κ2) is 6.95. The number of amides is 1. The Morgan fingerprint density at radius 3 is 2.75 bits per heavy atom. The van der Waals surface area contributed by atoms with E-state index in [1.807, 2.05) is 0 Å². The van der Waals surface area contributed by atoms with E-state index in [1.54, 1.807) is 6.07 Å². The molecule has 0 aliphatic carbocycles. The summed E-state index contributed by atoms with van der Waals surface area (Å²) in [6, 6.07) is 4.77. The minimum atomic E-state index is -4.35. The van der Waals surface area contributed by atoms with Crippen molar-refractivity contribution in [3.8, 4) is 0 Å². The first-order valence-corrected chi connectivity index (χ1v) is 6.14. The van der Waals surface area contributed by atoms with Crippen molar-refractivity contribution in [1.82, 2.24) is 10.6 Å². The molecule has 1 amide bonds. The Labute approximate surface area is 121 Å². The van der Waals surface area contributed by atoms with Gasteiger partial charge in [0.25, 0.3) is 0 Å². The average Bonchev–Trinajstić information content (AvgIpc) is 2.89. The van der Waals surface area contributed by atoms with Gasteiger partial charge in [-0.3, -0.25) is 4.79 Å². The van der Waals surface area contributed by atoms with E-state index < -0.39 is 11.7 Å². The van der Waals surface area contributed by atoms with E-state index in [0.717, 1.165) is 31.5 Å². The lowest BCUT2D eigenvalue weighted by Crippen LogP contribution is -2.40. The van der Waals surface area contributed by atoms with Crippen LogP contribution in [-0.2, 0) is 17.5 Å². The van der Waals surface area contributed by atoms with Gasteiger partial charge in [0.15, 0.2) is 0 Å². The second-order valence-corrected chi connectivity index (χ2v) is 4.56. The number of hydrogen-bond acceptors (Lipinski definition) is 2. The highest BCUT2D eigenvalue weighted by molar-refractivity contribution is 5.85. The van der Waals surface area contributed by atoms with Crippen LogP contribution in [-0.4, -0.2) is 18.5 Å². The van der Waals surface area contributed by atoms with Crippen LogP contribution in [0.4, 0.5) is 13.2 Å². The SMILES string of the molecule is Cl.O=C(NCc1cccc(C(F)(F)F)c1)[C@@H]1CCCN1. The monoisotopic (exact) mass is 308 g/mol. The summed E-state index contributed by atoms with van der Waals surface area (Å²) in [5.41, 5.74) is -0.251. The number of alkyl halides is 3. The normalized spacial score (nSPS) is 18.4. The zero-order chi connectivity index (χ0) is 13.9. The fraction of sp³-hybridized carbons (Fsp3) is 0.462. The third kappa shape index (κ3) is 4.38. The topological polar surface area (TPSA) is 41.1 Å². The Balaban J connectivity index is 0.00000200. The molecule has 0 bridgehead atoms. The lowest BCUT2D eigenvalue weighted by atomic mass is 10.1. The molecular weight excluding hydrogens is 293 g/mol. The first-order chi connectivity index (χ1) is 8.97. The van der Waals surface area contributed by atoms with Crippen molar-refractivity contribution < 1.29 is 18.0 Å². The molecule has 3 nitrogen and oxygen atoms in total. The van der Waals surface area contributed by atoms with Crippen molar-refractivity contribution in [2.24, 2.45) is 0 Å². The van der Waals surface area contributed by atoms with Gasteiger partial charge in [-0.05, 0) is 37.1 Å². The molecular formula is C13H16ClF3N2O. The molecule has 1 aliphatic rings. The quantitative estimate of drug-likeness (QED) is 0.901. The van der Waals surface area contributed by atoms with Gasteiger partial charge in [0.1, 0.15) is 0 Å². The van der Waals surface area contributed by atoms with Gasteiger partial charge in [-0.25, -0.2) is 0 Å². The second-order valence-electron chi connectivity index (χ2n) is 4.56. The maximum Gasteiger partial charge on any atom is 0.416 e. The van der Waals surface area contributed by atoms with Crippen molar-refractivity contribution in [2.75, 3.05) is 6.54 Å². The highest BCUT2D eigenvalue weighted by atomic mass is 35.5. The van der Waals surface area contributed by atoms with Crippen LogP contribution in [0.5, 0.6) is 0 Å². The van der Waals surface area contributed by atoms with Crippen LogP contribution < -0.4 is 10.6 Å². The molecule has 112 valence electrons. The molecule has 7 heteroatoms. The molecule has 1 saturated heterocycles. The van der Waals surface area contributed by atoms with Crippen LogP contribution >= 0.6 is 12.4 Å². The van der Waals surface area contributed by atoms with E-state index in [4.69, 9.17) is 0 Å². The van der Waals surface area contributed by atoms with Gasteiger partial charge >= 0.3 is 6.18 Å². The van der Waals surface area contributed by atoms with Crippen molar-refractivity contribution in [3.05, 3.63) is 35.4 Å². The molecule has 0 unspecified atom stereocenters. The van der Waals surface area contributed by atoms with Crippen LogP contribution in [0.2, 0.25) is 0 Å². The molecule has 1 heterocycles. The highest BCUT2D eigenvalue weighted by Gasteiger charge is 2.30. The van der Waals surface area contributed by atoms with Gasteiger partial charge in [-0.1, -0.05) is 12.1 Å². The predicted octanol–water partition coefficient (Wildman–Crippen LogP) is 2.50. The molecule has 20 heavy (non-hydrogen) atoms. The molecule has 0 saturated carbocycles. The first-order valence-electron chi connectivity index (χ1n) is 6.14. The molecule has 1 aliphatic heterocycles. The van der Waals surface area contributed by atoms with E-state index in [-0.39, 0.29) is 30.9 Å². The standard InChI is InChI=1S/C13H15F3N2O.ClH/c14-13(15,16)10-4-1-3-9(7-10)8-18-12(19)11-5-2-6-17-11;/h1,3-4,7,11,17H,2,5-6,8H2,(H,18,19);1H/t11-;/m0./s1. The largest absolute Gasteiger partial charge is 0.416 e. The summed E-state index contributed by atoms with van der Waals surface area (Å²) in [7, 11) is 0. The van der Waals surface area contributed by atoms with Crippen LogP contribution in [0.25, 0.3) is 0 Å². The smallest absolute Gasteiger partial charge is 0.351 e. The lowest BCUT2D eigenvalue weighted by molar-refractivity contribution is -0.137. The summed E-state index contributed by atoms with van der Waals surface area (Å²) >= 11 is 0. The minimum absolute atomic E-state index is 0. The van der Waals surface area contributed by atoms with Crippen molar-refractivity contribution in [3.63, 3.8) is 0 Å². The first kappa shape index (κ1) is 16.8. The molecule has 0 aromatic heterocycles. The van der Waals surface area contributed by atoms with Crippen LogP contribution in [0.15, 0.2) is 24.3 Å². The Hall–Kier alpha value is -1.27. The Kier molecular flexibility index (Phi) is 5.83. The third-order valence-corrected chi connectivity index (χ3v) is 3.10. The summed E-state index contributed by atoms with van der Waals surface area (Å²) in [6.45, 7) is 0.919. The van der Waals surface area contributed by atoms with Gasteiger partial charge < -0.3 is 10.6 Å². The molecule has 1 aromatic rings. The highest BCUT2D eigenvalue weighted by Crippen LogP contribution is 2.29. The summed E-state index contributed by atoms with van der Waals surface area (Å²) in [4.78, 5) is 11.7. The van der Waals surface area contributed by atoms with Crippen molar-refractivity contribution >= 4 is 18.3 Å². The number of rotatable bonds is 3. The Morgan fingerprint density at radius 2 is 2.15 bits per heavy atom. The fourth-order valence-electron chi connectivity index (χ4n) is 2.08. The maximum absolute atomic E-state index is 12.5. The van der Waals surface area contributed by atoms with Gasteiger partial charge in [0.05, 0.1) is 11.6 Å². The number of benzene rings is 1. The van der Waals surface area contributed by atoms with Gasteiger partial charge in [0.2, 0.25) is 5.91 Å². The molecule has 0 spiro atoms. The van der Waals surface area contributed by atoms with Crippen LogP contribution in [0, 0.1) is 0 Å². The zero-order valence-electron chi connectivity index (χ0n) is 10.7. The van der Waals surface area contributed by atoms with Crippen LogP contribution in [0.1, 0.15) is 24.0 Å². The molecule has 0 radical (unpaired) electrons. The van der Waals surface area contributed by atoms with E-state index in [9.17, 15) is 18.0 Å². The lowest BCUT2D eigenvalue weighted by Gasteiger charge is -2.12. The molecule has 2 rings (SSSR count). The van der Waals surface area contributed by atoms with E-state index in [2.05, 4.69) is 10.6 Å². The number of carbonyl (C=O) groups is 1. The molecule has 1 aromatic carbocycles. The van der Waals surface area contributed by atoms with Gasteiger partial charge in [0, 0.05) is 6.54 Å². The predicted molar refractivity (Wildman–Crippen MR) is 71.6 cm³/mol. The van der Waals surface area contributed by atoms with E-state index >= 15 is 0 Å².